The van der Waals surface area contributed by atoms with Crippen LogP contribution in [0.2, 0.25) is 5.02 Å². The molecular formula is C16H16ClNO3. The van der Waals surface area contributed by atoms with E-state index < -0.39 is 0 Å². The van der Waals surface area contributed by atoms with E-state index in [1.54, 1.807) is 12.1 Å². The highest BCUT2D eigenvalue weighted by atomic mass is 35.5. The van der Waals surface area contributed by atoms with Gasteiger partial charge in [-0.3, -0.25) is 0 Å². The summed E-state index contributed by atoms with van der Waals surface area (Å²) >= 11 is 5.95. The highest BCUT2D eigenvalue weighted by molar-refractivity contribution is 6.31. The first-order valence-corrected chi connectivity index (χ1v) is 6.86. The van der Waals surface area contributed by atoms with E-state index in [-0.39, 0.29) is 0 Å². The van der Waals surface area contributed by atoms with Crippen molar-refractivity contribution in [1.29, 1.82) is 0 Å². The summed E-state index contributed by atoms with van der Waals surface area (Å²) in [4.78, 5) is 0. The minimum Gasteiger partial charge on any atom is -0.490 e. The molecule has 0 bridgehead atoms. The molecule has 0 aliphatic heterocycles. The molecule has 0 aliphatic rings. The lowest BCUT2D eigenvalue weighted by atomic mass is 10.2. The summed E-state index contributed by atoms with van der Waals surface area (Å²) in [5.74, 6) is 1.51. The Labute approximate surface area is 128 Å². The topological polar surface area (TPSA) is 51.0 Å². The zero-order valence-electron chi connectivity index (χ0n) is 11.6. The molecule has 0 saturated heterocycles. The van der Waals surface area contributed by atoms with Crippen molar-refractivity contribution < 1.29 is 14.7 Å². The summed E-state index contributed by atoms with van der Waals surface area (Å²) in [5, 5.41) is 12.1. The Morgan fingerprint density at radius 1 is 1.05 bits per heavy atom. The molecule has 0 fully saturated rings. The molecule has 2 aromatic rings. The predicted molar refractivity (Wildman–Crippen MR) is 83.0 cm³/mol. The van der Waals surface area contributed by atoms with Gasteiger partial charge in [0.1, 0.15) is 24.7 Å². The van der Waals surface area contributed by atoms with E-state index in [0.717, 1.165) is 27.6 Å². The Morgan fingerprint density at radius 3 is 2.29 bits per heavy atom. The molecule has 2 rings (SSSR count). The van der Waals surface area contributed by atoms with Crippen molar-refractivity contribution in [3.63, 3.8) is 0 Å². The number of nitrogens with zero attached hydrogens (tertiary/aromatic N) is 1. The van der Waals surface area contributed by atoms with E-state index in [2.05, 4.69) is 5.16 Å². The molecule has 0 aromatic heterocycles. The molecule has 0 amide bonds. The maximum Gasteiger partial charge on any atom is 0.122 e. The molecule has 1 N–H and O–H groups in total. The lowest BCUT2D eigenvalue weighted by molar-refractivity contribution is 0.217. The summed E-state index contributed by atoms with van der Waals surface area (Å²) < 4.78 is 11.1. The summed E-state index contributed by atoms with van der Waals surface area (Å²) in [7, 11) is 0. The highest BCUT2D eigenvalue weighted by Crippen LogP contribution is 2.21. The van der Waals surface area contributed by atoms with Gasteiger partial charge in [0.2, 0.25) is 0 Å². The van der Waals surface area contributed by atoms with Gasteiger partial charge in [0, 0.05) is 5.02 Å². The van der Waals surface area contributed by atoms with Crippen molar-refractivity contribution in [3.8, 4) is 11.5 Å². The first kappa shape index (κ1) is 15.2. The predicted octanol–water partition coefficient (Wildman–Crippen LogP) is 3.91. The highest BCUT2D eigenvalue weighted by Gasteiger charge is 1.99. The van der Waals surface area contributed by atoms with Crippen LogP contribution in [0.25, 0.3) is 0 Å². The number of hydrogen-bond donors (Lipinski definition) is 1. The quantitative estimate of drug-likeness (QED) is 0.381. The number of ether oxygens (including phenoxy) is 2. The Bertz CT molecular complexity index is 611. The Hall–Kier alpha value is -2.20. The van der Waals surface area contributed by atoms with E-state index in [4.69, 9.17) is 26.3 Å². The molecule has 21 heavy (non-hydrogen) atoms. The van der Waals surface area contributed by atoms with Gasteiger partial charge in [0.15, 0.2) is 0 Å². The molecule has 0 radical (unpaired) electrons. The van der Waals surface area contributed by atoms with Crippen LogP contribution in [0.5, 0.6) is 11.5 Å². The van der Waals surface area contributed by atoms with Gasteiger partial charge in [-0.2, -0.15) is 0 Å². The zero-order chi connectivity index (χ0) is 15.1. The van der Waals surface area contributed by atoms with E-state index in [1.165, 1.54) is 6.21 Å². The van der Waals surface area contributed by atoms with Gasteiger partial charge in [-0.05, 0) is 60.5 Å². The van der Waals surface area contributed by atoms with Gasteiger partial charge in [0.05, 0.1) is 6.21 Å². The van der Waals surface area contributed by atoms with Crippen LogP contribution in [0.1, 0.15) is 11.1 Å². The number of oxime groups is 1. The van der Waals surface area contributed by atoms with E-state index in [1.807, 2.05) is 37.3 Å². The van der Waals surface area contributed by atoms with Crippen LogP contribution in [0, 0.1) is 6.92 Å². The second kappa shape index (κ2) is 7.55. The van der Waals surface area contributed by atoms with Crippen molar-refractivity contribution >= 4 is 17.8 Å². The van der Waals surface area contributed by atoms with Crippen molar-refractivity contribution in [2.45, 2.75) is 6.92 Å². The Morgan fingerprint density at radius 2 is 1.67 bits per heavy atom. The second-order valence-corrected chi connectivity index (χ2v) is 4.83. The summed E-state index contributed by atoms with van der Waals surface area (Å²) in [6.07, 6.45) is 1.36. The molecule has 0 heterocycles. The average Bonchev–Trinajstić information content (AvgIpc) is 2.49. The smallest absolute Gasteiger partial charge is 0.122 e. The van der Waals surface area contributed by atoms with Crippen LogP contribution in [0.4, 0.5) is 0 Å². The number of benzene rings is 2. The molecule has 2 aromatic carbocycles. The fourth-order valence-corrected chi connectivity index (χ4v) is 1.86. The molecule has 0 spiro atoms. The molecular weight excluding hydrogens is 290 g/mol. The molecule has 110 valence electrons. The summed E-state index contributed by atoms with van der Waals surface area (Å²) in [6.45, 7) is 2.82. The largest absolute Gasteiger partial charge is 0.490 e. The summed E-state index contributed by atoms with van der Waals surface area (Å²) in [5.41, 5.74) is 1.79. The van der Waals surface area contributed by atoms with Crippen LogP contribution >= 0.6 is 11.6 Å². The monoisotopic (exact) mass is 305 g/mol. The van der Waals surface area contributed by atoms with E-state index >= 15 is 0 Å². The molecule has 4 nitrogen and oxygen atoms in total. The molecule has 5 heteroatoms. The van der Waals surface area contributed by atoms with Gasteiger partial charge >= 0.3 is 0 Å². The maximum atomic E-state index is 8.42. The van der Waals surface area contributed by atoms with Crippen LogP contribution in [0.15, 0.2) is 47.6 Å². The van der Waals surface area contributed by atoms with Gasteiger partial charge < -0.3 is 14.7 Å². The lowest BCUT2D eigenvalue weighted by Crippen LogP contribution is -2.09. The summed E-state index contributed by atoms with van der Waals surface area (Å²) in [6, 6.07) is 12.8. The van der Waals surface area contributed by atoms with Crippen molar-refractivity contribution in [3.05, 3.63) is 58.6 Å². The second-order valence-electron chi connectivity index (χ2n) is 4.42. The van der Waals surface area contributed by atoms with Crippen molar-refractivity contribution in [1.82, 2.24) is 0 Å². The molecule has 0 saturated carbocycles. The van der Waals surface area contributed by atoms with Gasteiger partial charge in [-0.15, -0.1) is 0 Å². The SMILES string of the molecule is Cc1cc(OCCOc2ccc(C=NO)cc2)ccc1Cl. The first-order chi connectivity index (χ1) is 10.2. The fraction of sp³-hybridized carbons (Fsp3) is 0.188. The standard InChI is InChI=1S/C16H16ClNO3/c1-12-10-15(6-7-16(12)17)21-9-8-20-14-4-2-13(3-5-14)11-18-19/h2-7,10-11,19H,8-9H2,1H3. The van der Waals surface area contributed by atoms with Crippen LogP contribution in [-0.2, 0) is 0 Å². The number of aryl methyl sites for hydroxylation is 1. The first-order valence-electron chi connectivity index (χ1n) is 6.48. The van der Waals surface area contributed by atoms with Gasteiger partial charge in [-0.25, -0.2) is 0 Å². The maximum absolute atomic E-state index is 8.42. The van der Waals surface area contributed by atoms with Crippen LogP contribution in [-0.4, -0.2) is 24.6 Å². The molecule has 0 aliphatic carbocycles. The third-order valence-electron chi connectivity index (χ3n) is 2.84. The lowest BCUT2D eigenvalue weighted by Gasteiger charge is -2.09. The third kappa shape index (κ3) is 4.68. The Balaban J connectivity index is 1.77. The molecule has 0 unspecified atom stereocenters. The minimum absolute atomic E-state index is 0.440. The van der Waals surface area contributed by atoms with Gasteiger partial charge in [-0.1, -0.05) is 16.8 Å². The van der Waals surface area contributed by atoms with Crippen molar-refractivity contribution in [2.75, 3.05) is 13.2 Å². The number of halogens is 1. The number of rotatable bonds is 6. The normalized spacial score (nSPS) is 10.8. The van der Waals surface area contributed by atoms with E-state index in [0.29, 0.717) is 13.2 Å². The zero-order valence-corrected chi connectivity index (χ0v) is 12.4. The minimum atomic E-state index is 0.440. The van der Waals surface area contributed by atoms with Gasteiger partial charge in [0.25, 0.3) is 0 Å². The average molecular weight is 306 g/mol. The van der Waals surface area contributed by atoms with E-state index in [9.17, 15) is 0 Å². The Kier molecular flexibility index (Phi) is 5.46. The molecule has 0 atom stereocenters. The van der Waals surface area contributed by atoms with Crippen LogP contribution in [0.3, 0.4) is 0 Å². The van der Waals surface area contributed by atoms with Crippen molar-refractivity contribution in [2.24, 2.45) is 5.16 Å². The van der Waals surface area contributed by atoms with Crippen LogP contribution < -0.4 is 9.47 Å². The third-order valence-corrected chi connectivity index (χ3v) is 3.26. The fourth-order valence-electron chi connectivity index (χ4n) is 1.74. The number of hydrogen-bond acceptors (Lipinski definition) is 4.